The molecule has 0 aromatic heterocycles. The van der Waals surface area contributed by atoms with Gasteiger partial charge in [0.05, 0.1) is 27.7 Å². The molecule has 0 aliphatic rings. The number of rotatable bonds is 49. The minimum atomic E-state index is -4.64. The molecule has 2 unspecified atom stereocenters. The standard InChI is InChI=1S/C57H102NO8P/c1-6-8-10-12-14-16-18-20-22-24-26-27-28-29-30-31-32-34-36-38-40-42-44-46-48-50-57(60)66-55(54-65-67(61,62)64-52-51-58(3,4)5)53-63-56(59)49-47-45-43-41-39-37-35-33-25-23-21-19-17-15-13-11-9-7-2/h8,10,14,16-17,19-20,22-23,25-27,55H,6-7,9,11-13,15,18,21,24,28-54H2,1-5H3/b10-8-,16-14-,19-17-,22-20-,25-23-,27-26-. The fraction of sp³-hybridized carbons (Fsp3) is 0.754. The highest BCUT2D eigenvalue weighted by molar-refractivity contribution is 7.45. The number of hydrogen-bond donors (Lipinski definition) is 0. The molecule has 0 aliphatic heterocycles. The lowest BCUT2D eigenvalue weighted by Crippen LogP contribution is -2.37. The van der Waals surface area contributed by atoms with Crippen molar-refractivity contribution in [2.75, 3.05) is 47.5 Å². The van der Waals surface area contributed by atoms with E-state index in [4.69, 9.17) is 18.5 Å². The first-order valence-corrected chi connectivity index (χ1v) is 28.6. The number of nitrogens with zero attached hydrogens (tertiary/aromatic N) is 1. The molecular weight excluding hydrogens is 858 g/mol. The van der Waals surface area contributed by atoms with Crippen molar-refractivity contribution in [3.05, 3.63) is 72.9 Å². The number of carbonyl (C=O) groups excluding carboxylic acids is 2. The average molecular weight is 960 g/mol. The number of esters is 2. The lowest BCUT2D eigenvalue weighted by Gasteiger charge is -2.28. The topological polar surface area (TPSA) is 111 Å². The molecule has 0 radical (unpaired) electrons. The lowest BCUT2D eigenvalue weighted by atomic mass is 10.0. The molecule has 0 heterocycles. The van der Waals surface area contributed by atoms with E-state index in [1.165, 1.54) is 109 Å². The fourth-order valence-electron chi connectivity index (χ4n) is 7.27. The summed E-state index contributed by atoms with van der Waals surface area (Å²) in [5.41, 5.74) is 0. The fourth-order valence-corrected chi connectivity index (χ4v) is 7.99. The largest absolute Gasteiger partial charge is 0.756 e. The smallest absolute Gasteiger partial charge is 0.306 e. The predicted octanol–water partition coefficient (Wildman–Crippen LogP) is 15.9. The van der Waals surface area contributed by atoms with Crippen molar-refractivity contribution in [2.45, 2.75) is 232 Å². The van der Waals surface area contributed by atoms with Crippen LogP contribution in [0.2, 0.25) is 0 Å². The molecule has 0 fully saturated rings. The second kappa shape index (κ2) is 48.5. The first-order valence-electron chi connectivity index (χ1n) is 27.1. The number of quaternary nitrogens is 1. The number of allylic oxidation sites excluding steroid dienone is 12. The molecule has 0 rings (SSSR count). The molecule has 0 saturated heterocycles. The Morgan fingerprint density at radius 2 is 0.851 bits per heavy atom. The predicted molar refractivity (Wildman–Crippen MR) is 282 cm³/mol. The maximum atomic E-state index is 12.8. The molecule has 2 atom stereocenters. The van der Waals surface area contributed by atoms with Crippen LogP contribution < -0.4 is 4.89 Å². The van der Waals surface area contributed by atoms with E-state index >= 15 is 0 Å². The molecule has 0 aromatic carbocycles. The third-order valence-corrected chi connectivity index (χ3v) is 12.4. The van der Waals surface area contributed by atoms with Gasteiger partial charge in [0, 0.05) is 12.8 Å². The highest BCUT2D eigenvalue weighted by Crippen LogP contribution is 2.38. The summed E-state index contributed by atoms with van der Waals surface area (Å²) in [5, 5.41) is 0. The van der Waals surface area contributed by atoms with Gasteiger partial charge in [-0.1, -0.05) is 202 Å². The minimum absolute atomic E-state index is 0.0350. The first-order chi connectivity index (χ1) is 32.5. The lowest BCUT2D eigenvalue weighted by molar-refractivity contribution is -0.870. The van der Waals surface area contributed by atoms with Crippen molar-refractivity contribution in [3.63, 3.8) is 0 Å². The normalized spacial score (nSPS) is 13.9. The van der Waals surface area contributed by atoms with Crippen molar-refractivity contribution in [1.82, 2.24) is 0 Å². The molecule has 0 aliphatic carbocycles. The van der Waals surface area contributed by atoms with Crippen LogP contribution >= 0.6 is 7.82 Å². The SMILES string of the molecule is CC/C=C\C/C=C\C/C=C\C/C=C\CCCCCCCCCCCCCCC(=O)OC(COC(=O)CCCCCCCCC/C=C\C/C=C\CCCCCC)COP(=O)([O-])OCC[N+](C)(C)C. The van der Waals surface area contributed by atoms with Gasteiger partial charge in [0.15, 0.2) is 6.10 Å². The van der Waals surface area contributed by atoms with Gasteiger partial charge in [-0.25, -0.2) is 0 Å². The highest BCUT2D eigenvalue weighted by Gasteiger charge is 2.21. The molecule has 0 aromatic rings. The third kappa shape index (κ3) is 52.7. The number of carbonyl (C=O) groups is 2. The maximum absolute atomic E-state index is 12.8. The number of phosphoric ester groups is 1. The monoisotopic (exact) mass is 960 g/mol. The molecule has 0 spiro atoms. The van der Waals surface area contributed by atoms with E-state index in [9.17, 15) is 19.0 Å². The zero-order valence-corrected chi connectivity index (χ0v) is 44.7. The Labute approximate surface area is 412 Å². The van der Waals surface area contributed by atoms with E-state index in [1.807, 2.05) is 21.1 Å². The van der Waals surface area contributed by atoms with Crippen LogP contribution in [0.4, 0.5) is 0 Å². The molecule has 388 valence electrons. The van der Waals surface area contributed by atoms with Crippen LogP contribution in [0.1, 0.15) is 226 Å². The molecule has 0 amide bonds. The van der Waals surface area contributed by atoms with Gasteiger partial charge in [-0.3, -0.25) is 14.2 Å². The summed E-state index contributed by atoms with van der Waals surface area (Å²) in [6.45, 7) is 4.10. The summed E-state index contributed by atoms with van der Waals surface area (Å²) in [6, 6.07) is 0. The van der Waals surface area contributed by atoms with Gasteiger partial charge in [-0.05, 0) is 83.5 Å². The van der Waals surface area contributed by atoms with E-state index in [0.717, 1.165) is 83.5 Å². The Bertz CT molecular complexity index is 1360. The Morgan fingerprint density at radius 1 is 0.478 bits per heavy atom. The van der Waals surface area contributed by atoms with Crippen molar-refractivity contribution in [3.8, 4) is 0 Å². The van der Waals surface area contributed by atoms with Gasteiger partial charge in [-0.2, -0.15) is 0 Å². The molecule has 0 N–H and O–H groups in total. The summed E-state index contributed by atoms with van der Waals surface area (Å²) in [7, 11) is 1.16. The van der Waals surface area contributed by atoms with E-state index in [1.54, 1.807) is 0 Å². The number of hydrogen-bond acceptors (Lipinski definition) is 8. The van der Waals surface area contributed by atoms with Crippen LogP contribution in [0.5, 0.6) is 0 Å². The Kier molecular flexibility index (Phi) is 46.6. The second-order valence-electron chi connectivity index (χ2n) is 19.2. The van der Waals surface area contributed by atoms with Gasteiger partial charge in [0.1, 0.15) is 19.8 Å². The van der Waals surface area contributed by atoms with E-state index in [0.29, 0.717) is 17.4 Å². The van der Waals surface area contributed by atoms with Crippen LogP contribution in [0.15, 0.2) is 72.9 Å². The zero-order valence-electron chi connectivity index (χ0n) is 43.8. The quantitative estimate of drug-likeness (QED) is 0.0195. The van der Waals surface area contributed by atoms with Crippen LogP contribution in [-0.4, -0.2) is 70.0 Å². The van der Waals surface area contributed by atoms with Crippen LogP contribution in [0, 0.1) is 0 Å². The molecule has 9 nitrogen and oxygen atoms in total. The average Bonchev–Trinajstić information content (AvgIpc) is 3.29. The van der Waals surface area contributed by atoms with Crippen LogP contribution in [0.25, 0.3) is 0 Å². The van der Waals surface area contributed by atoms with Gasteiger partial charge in [0.2, 0.25) is 0 Å². The van der Waals surface area contributed by atoms with Crippen LogP contribution in [-0.2, 0) is 32.7 Å². The van der Waals surface area contributed by atoms with Gasteiger partial charge in [-0.15, -0.1) is 0 Å². The first kappa shape index (κ1) is 64.5. The van der Waals surface area contributed by atoms with Crippen molar-refractivity contribution in [1.29, 1.82) is 0 Å². The van der Waals surface area contributed by atoms with E-state index in [2.05, 4.69) is 86.8 Å². The van der Waals surface area contributed by atoms with E-state index in [-0.39, 0.29) is 26.1 Å². The number of phosphoric acid groups is 1. The Balaban J connectivity index is 4.22. The zero-order chi connectivity index (χ0) is 49.2. The maximum Gasteiger partial charge on any atom is 0.306 e. The Hall–Kier alpha value is -2.55. The highest BCUT2D eigenvalue weighted by atomic mass is 31.2. The minimum Gasteiger partial charge on any atom is -0.756 e. The summed E-state index contributed by atoms with van der Waals surface area (Å²) in [5.74, 6) is -0.844. The summed E-state index contributed by atoms with van der Waals surface area (Å²) in [4.78, 5) is 37.8. The van der Waals surface area contributed by atoms with Gasteiger partial charge < -0.3 is 27.9 Å². The summed E-state index contributed by atoms with van der Waals surface area (Å²) in [6.07, 6.45) is 62.2. The molecular formula is C57H102NO8P. The van der Waals surface area contributed by atoms with Crippen molar-refractivity contribution < 1.29 is 42.1 Å². The molecule has 67 heavy (non-hydrogen) atoms. The molecule has 0 bridgehead atoms. The Morgan fingerprint density at radius 3 is 1.27 bits per heavy atom. The van der Waals surface area contributed by atoms with Gasteiger partial charge >= 0.3 is 11.9 Å². The van der Waals surface area contributed by atoms with Crippen molar-refractivity contribution >= 4 is 19.8 Å². The summed E-state index contributed by atoms with van der Waals surface area (Å²) < 4.78 is 34.1. The molecule has 0 saturated carbocycles. The second-order valence-corrected chi connectivity index (χ2v) is 20.6. The van der Waals surface area contributed by atoms with E-state index < -0.39 is 32.5 Å². The summed E-state index contributed by atoms with van der Waals surface area (Å²) >= 11 is 0. The number of ether oxygens (including phenoxy) is 2. The van der Waals surface area contributed by atoms with Gasteiger partial charge in [0.25, 0.3) is 7.82 Å². The number of likely N-dealkylation sites (N-methyl/N-ethyl adjacent to an activating group) is 1. The van der Waals surface area contributed by atoms with Crippen LogP contribution in [0.3, 0.4) is 0 Å². The third-order valence-electron chi connectivity index (χ3n) is 11.5. The van der Waals surface area contributed by atoms with Crippen molar-refractivity contribution in [2.24, 2.45) is 0 Å². The number of unbranched alkanes of at least 4 members (excludes halogenated alkanes) is 23. The molecule has 10 heteroatoms.